The Kier molecular flexibility index (Phi) is 14.5. The van der Waals surface area contributed by atoms with E-state index in [1.807, 2.05) is 6.29 Å². The Hall–Kier alpha value is 0.358. The molecule has 2 heteroatoms. The topological polar surface area (TPSA) is 17.1 Å². The molecule has 0 radical (unpaired) electrons. The molecule has 0 bridgehead atoms. The number of unbranched alkanes of at least 4 members (excludes halogenated alkanes) is 3. The van der Waals surface area contributed by atoms with Crippen molar-refractivity contribution in [2.24, 2.45) is 0 Å². The zero-order valence-corrected chi connectivity index (χ0v) is 8.08. The van der Waals surface area contributed by atoms with Gasteiger partial charge in [-0.25, -0.2) is 0 Å². The van der Waals surface area contributed by atoms with Crippen molar-refractivity contribution in [3.8, 4) is 0 Å². The zero-order valence-electron chi connectivity index (χ0n) is 5.14. The van der Waals surface area contributed by atoms with Crippen LogP contribution in [0.15, 0.2) is 0 Å². The summed E-state index contributed by atoms with van der Waals surface area (Å²) < 4.78 is 0. The number of hydrogen-bond donors (Lipinski definition) is 0. The maximum atomic E-state index is 9.55. The molecule has 0 atom stereocenters. The molecule has 0 aliphatic heterocycles. The smallest absolute Gasteiger partial charge is 0 e. The molecular formula is C6H11OW-. The van der Waals surface area contributed by atoms with Crippen LogP contribution in [0.3, 0.4) is 0 Å². The minimum absolute atomic E-state index is 0. The number of hydrogen-bond acceptors (Lipinski definition) is 1. The fraction of sp³-hybridized carbons (Fsp3) is 0.833. The summed E-state index contributed by atoms with van der Waals surface area (Å²) in [5.74, 6) is 0. The Bertz CT molecular complexity index is 45.8. The van der Waals surface area contributed by atoms with Crippen LogP contribution in [-0.2, 0) is 25.9 Å². The van der Waals surface area contributed by atoms with Gasteiger partial charge in [0.05, 0.1) is 0 Å². The molecule has 0 heterocycles. The first-order valence-electron chi connectivity index (χ1n) is 2.76. The van der Waals surface area contributed by atoms with Crippen LogP contribution in [0.2, 0.25) is 0 Å². The average molecular weight is 283 g/mol. The summed E-state index contributed by atoms with van der Waals surface area (Å²) in [4.78, 5) is 9.55. The molecule has 0 aromatic heterocycles. The molecule has 0 N–H and O–H groups in total. The van der Waals surface area contributed by atoms with Crippen molar-refractivity contribution >= 4 is 6.29 Å². The van der Waals surface area contributed by atoms with Gasteiger partial charge >= 0.3 is 0 Å². The van der Waals surface area contributed by atoms with Crippen molar-refractivity contribution in [1.29, 1.82) is 0 Å². The van der Waals surface area contributed by atoms with Crippen molar-refractivity contribution in [2.75, 3.05) is 0 Å². The molecule has 0 aliphatic carbocycles. The van der Waals surface area contributed by atoms with Crippen LogP contribution in [0.4, 0.5) is 0 Å². The Morgan fingerprint density at radius 2 is 2.00 bits per heavy atom. The van der Waals surface area contributed by atoms with Gasteiger partial charge in [-0.1, -0.05) is 26.2 Å². The predicted octanol–water partition coefficient (Wildman–Crippen LogP) is 1.67. The van der Waals surface area contributed by atoms with E-state index in [2.05, 4.69) is 6.92 Å². The Morgan fingerprint density at radius 3 is 2.38 bits per heavy atom. The van der Waals surface area contributed by atoms with Crippen molar-refractivity contribution in [3.05, 3.63) is 0 Å². The molecule has 0 fully saturated rings. The van der Waals surface area contributed by atoms with Crippen LogP contribution in [0, 0.1) is 0 Å². The molecule has 0 aliphatic rings. The second-order valence-electron chi connectivity index (χ2n) is 1.60. The summed E-state index contributed by atoms with van der Waals surface area (Å²) in [5.41, 5.74) is 0. The van der Waals surface area contributed by atoms with Crippen LogP contribution < -0.4 is 0 Å². The Labute approximate surface area is 65.1 Å². The van der Waals surface area contributed by atoms with E-state index < -0.39 is 0 Å². The van der Waals surface area contributed by atoms with Crippen LogP contribution in [0.25, 0.3) is 0 Å². The van der Waals surface area contributed by atoms with E-state index in [-0.39, 0.29) is 21.1 Å². The first-order valence-corrected chi connectivity index (χ1v) is 2.76. The summed E-state index contributed by atoms with van der Waals surface area (Å²) in [5, 5.41) is 0. The van der Waals surface area contributed by atoms with Crippen LogP contribution in [-0.4, -0.2) is 6.29 Å². The van der Waals surface area contributed by atoms with Gasteiger partial charge in [-0.15, -0.1) is 0 Å². The van der Waals surface area contributed by atoms with Crippen LogP contribution in [0.5, 0.6) is 0 Å². The van der Waals surface area contributed by atoms with Crippen molar-refractivity contribution < 1.29 is 25.9 Å². The number of rotatable bonds is 4. The van der Waals surface area contributed by atoms with Gasteiger partial charge in [-0.05, 0) is 0 Å². The molecule has 0 saturated carbocycles. The van der Waals surface area contributed by atoms with Crippen molar-refractivity contribution in [3.63, 3.8) is 0 Å². The van der Waals surface area contributed by atoms with Gasteiger partial charge in [-0.3, -0.25) is 6.29 Å². The van der Waals surface area contributed by atoms with E-state index in [1.54, 1.807) is 0 Å². The molecule has 48 valence electrons. The van der Waals surface area contributed by atoms with Gasteiger partial charge in [0, 0.05) is 21.1 Å². The molecule has 1 nitrogen and oxygen atoms in total. The zero-order chi connectivity index (χ0) is 5.54. The number of carbonyl (C=O) groups excluding carboxylic acids is 1. The van der Waals surface area contributed by atoms with Gasteiger partial charge in [-0.2, -0.15) is 6.42 Å². The predicted molar refractivity (Wildman–Crippen MR) is 29.8 cm³/mol. The van der Waals surface area contributed by atoms with E-state index in [4.69, 9.17) is 0 Å². The Balaban J connectivity index is 0. The first-order chi connectivity index (χ1) is 3.41. The van der Waals surface area contributed by atoms with Crippen molar-refractivity contribution in [2.45, 2.75) is 32.6 Å². The summed E-state index contributed by atoms with van der Waals surface area (Å²) in [6.45, 7) is 2.12. The van der Waals surface area contributed by atoms with Gasteiger partial charge in [0.15, 0.2) is 0 Å². The van der Waals surface area contributed by atoms with E-state index >= 15 is 0 Å². The second-order valence-corrected chi connectivity index (χ2v) is 1.60. The van der Waals surface area contributed by atoms with Crippen LogP contribution >= 0.6 is 0 Å². The molecule has 0 amide bonds. The van der Waals surface area contributed by atoms with E-state index in [0.29, 0.717) is 6.42 Å². The summed E-state index contributed by atoms with van der Waals surface area (Å²) in [6.07, 6.45) is 5.83. The monoisotopic (exact) mass is 283 g/mol. The van der Waals surface area contributed by atoms with Crippen LogP contribution in [0.1, 0.15) is 32.6 Å². The summed E-state index contributed by atoms with van der Waals surface area (Å²) >= 11 is 0. The first kappa shape index (κ1) is 11.2. The quantitative estimate of drug-likeness (QED) is 0.566. The van der Waals surface area contributed by atoms with Gasteiger partial charge in [0.25, 0.3) is 0 Å². The molecular weight excluding hydrogens is 272 g/mol. The molecule has 8 heavy (non-hydrogen) atoms. The summed E-state index contributed by atoms with van der Waals surface area (Å²) in [7, 11) is 0. The standard InChI is InChI=1S/C6H11O.W/c1-2-3-4-5-6-7;/h2-5H2,1H3;/q-1;. The molecule has 0 rings (SSSR count). The summed E-state index contributed by atoms with van der Waals surface area (Å²) in [6, 6.07) is 0. The van der Waals surface area contributed by atoms with Gasteiger partial charge in [0.1, 0.15) is 0 Å². The molecule has 0 unspecified atom stereocenters. The largest absolute Gasteiger partial charge is 0.542 e. The minimum Gasteiger partial charge on any atom is -0.542 e. The SMILES string of the molecule is CCCCC[C-]=O.[W]. The third-order valence-corrected chi connectivity index (χ3v) is 0.882. The van der Waals surface area contributed by atoms with E-state index in [1.165, 1.54) is 6.42 Å². The molecule has 0 spiro atoms. The third-order valence-electron chi connectivity index (χ3n) is 0.882. The molecule has 0 aromatic carbocycles. The fourth-order valence-electron chi connectivity index (χ4n) is 0.447. The maximum absolute atomic E-state index is 9.55. The van der Waals surface area contributed by atoms with Gasteiger partial charge in [0.2, 0.25) is 0 Å². The minimum atomic E-state index is 0. The van der Waals surface area contributed by atoms with E-state index in [0.717, 1.165) is 12.8 Å². The second kappa shape index (κ2) is 10.4. The fourth-order valence-corrected chi connectivity index (χ4v) is 0.447. The van der Waals surface area contributed by atoms with Gasteiger partial charge < -0.3 is 4.79 Å². The molecule has 0 aromatic rings. The Morgan fingerprint density at radius 1 is 1.38 bits per heavy atom. The van der Waals surface area contributed by atoms with Crippen molar-refractivity contribution in [1.82, 2.24) is 0 Å². The normalized spacial score (nSPS) is 7.62. The molecule has 0 saturated heterocycles. The van der Waals surface area contributed by atoms with E-state index in [9.17, 15) is 4.79 Å². The third kappa shape index (κ3) is 9.61. The average Bonchev–Trinajstić information content (AvgIpc) is 1.69. The maximum Gasteiger partial charge on any atom is 0 e.